The van der Waals surface area contributed by atoms with Gasteiger partial charge in [0.15, 0.2) is 0 Å². The number of fused-ring (bicyclic) bond motifs is 3. The summed E-state index contributed by atoms with van der Waals surface area (Å²) in [6.45, 7) is 3.75. The predicted octanol–water partition coefficient (Wildman–Crippen LogP) is 2.95. The molecule has 6 rings (SSSR count). The summed E-state index contributed by atoms with van der Waals surface area (Å²) in [6, 6.07) is 8.45. The number of para-hydroxylation sites is 1. The minimum absolute atomic E-state index is 0.172. The smallest absolute Gasteiger partial charge is 0.223 e. The Morgan fingerprint density at radius 2 is 2.17 bits per heavy atom. The number of carbonyl (C=O) groups excluding carboxylic acids is 1. The maximum Gasteiger partial charge on any atom is 0.223 e. The van der Waals surface area contributed by atoms with E-state index in [9.17, 15) is 4.79 Å². The van der Waals surface area contributed by atoms with Crippen LogP contribution in [-0.2, 0) is 16.0 Å². The number of nitrogens with one attached hydrogen (secondary N) is 1. The lowest BCUT2D eigenvalue weighted by molar-refractivity contribution is -0.138. The molecular weight excluding hydrogens is 288 g/mol. The molecule has 4 aliphatic rings. The lowest BCUT2D eigenvalue weighted by Gasteiger charge is -2.43. The number of aromatic nitrogens is 1. The molecule has 0 saturated carbocycles. The Kier molecular flexibility index (Phi) is 2.67. The monoisotopic (exact) mass is 308 g/mol. The van der Waals surface area contributed by atoms with Crippen LogP contribution in [0.5, 0.6) is 0 Å². The minimum atomic E-state index is 0.172. The van der Waals surface area contributed by atoms with Crippen molar-refractivity contribution in [3.05, 3.63) is 41.8 Å². The Morgan fingerprint density at radius 3 is 3.09 bits per heavy atom. The second-order valence-electron chi connectivity index (χ2n) is 7.00. The lowest BCUT2D eigenvalue weighted by atomic mass is 9.75. The molecule has 1 fully saturated rings. The molecule has 0 unspecified atom stereocenters. The molecule has 118 valence electrons. The number of piperidine rings is 1. The minimum Gasteiger partial charge on any atom is -0.498 e. The lowest BCUT2D eigenvalue weighted by Crippen LogP contribution is -2.49. The quantitative estimate of drug-likeness (QED) is 0.813. The molecule has 4 nitrogen and oxygen atoms in total. The Bertz CT molecular complexity index is 835. The van der Waals surface area contributed by atoms with Crippen LogP contribution in [0.25, 0.3) is 16.5 Å². The SMILES string of the molecule is C[C@H]1OC=C2c3[nH]c4ccccc4c3CCN3C[C@@H]1[C@H]2CC3=O. The number of aromatic amines is 1. The number of nitrogens with zero attached hydrogens (tertiary/aromatic N) is 1. The molecule has 5 heterocycles. The maximum absolute atomic E-state index is 12.5. The van der Waals surface area contributed by atoms with E-state index >= 15 is 0 Å². The third kappa shape index (κ3) is 1.81. The maximum atomic E-state index is 12.5. The molecule has 4 bridgehead atoms. The highest BCUT2D eigenvalue weighted by Gasteiger charge is 2.44. The molecule has 1 aromatic heterocycles. The third-order valence-electron chi connectivity index (χ3n) is 5.84. The molecular formula is C19H20N2O2. The highest BCUT2D eigenvalue weighted by atomic mass is 16.5. The molecule has 2 aromatic rings. The van der Waals surface area contributed by atoms with Gasteiger partial charge >= 0.3 is 0 Å². The van der Waals surface area contributed by atoms with Gasteiger partial charge in [-0.1, -0.05) is 18.2 Å². The van der Waals surface area contributed by atoms with E-state index in [1.165, 1.54) is 27.7 Å². The fraction of sp³-hybridized carbons (Fsp3) is 0.421. The van der Waals surface area contributed by atoms with Gasteiger partial charge < -0.3 is 14.6 Å². The van der Waals surface area contributed by atoms with Crippen molar-refractivity contribution in [3.8, 4) is 0 Å². The number of ether oxygens (including phenoxy) is 1. The average molecular weight is 308 g/mol. The van der Waals surface area contributed by atoms with Gasteiger partial charge in [0, 0.05) is 53.5 Å². The number of hydrogen-bond acceptors (Lipinski definition) is 2. The van der Waals surface area contributed by atoms with Crippen LogP contribution in [0.2, 0.25) is 0 Å². The summed E-state index contributed by atoms with van der Waals surface area (Å²) >= 11 is 0. The van der Waals surface area contributed by atoms with Crippen molar-refractivity contribution >= 4 is 22.4 Å². The van der Waals surface area contributed by atoms with E-state index in [4.69, 9.17) is 4.74 Å². The summed E-state index contributed by atoms with van der Waals surface area (Å²) < 4.78 is 5.96. The second kappa shape index (κ2) is 4.63. The second-order valence-corrected chi connectivity index (χ2v) is 7.00. The van der Waals surface area contributed by atoms with E-state index in [1.54, 1.807) is 0 Å². The molecule has 4 heteroatoms. The van der Waals surface area contributed by atoms with Crippen molar-refractivity contribution < 1.29 is 9.53 Å². The van der Waals surface area contributed by atoms with Crippen molar-refractivity contribution in [2.24, 2.45) is 11.8 Å². The Balaban J connectivity index is 1.76. The van der Waals surface area contributed by atoms with Crippen molar-refractivity contribution in [2.75, 3.05) is 13.1 Å². The van der Waals surface area contributed by atoms with E-state index in [2.05, 4.69) is 36.2 Å². The van der Waals surface area contributed by atoms with Gasteiger partial charge in [0.05, 0.1) is 6.26 Å². The number of amides is 1. The van der Waals surface area contributed by atoms with Gasteiger partial charge in [-0.2, -0.15) is 0 Å². The van der Waals surface area contributed by atoms with Gasteiger partial charge in [0.25, 0.3) is 0 Å². The molecule has 4 aliphatic heterocycles. The molecule has 1 saturated heterocycles. The molecule has 3 atom stereocenters. The Labute approximate surface area is 135 Å². The molecule has 0 aliphatic carbocycles. The molecule has 1 N–H and O–H groups in total. The van der Waals surface area contributed by atoms with Crippen molar-refractivity contribution in [3.63, 3.8) is 0 Å². The molecule has 0 spiro atoms. The molecule has 23 heavy (non-hydrogen) atoms. The van der Waals surface area contributed by atoms with Gasteiger partial charge in [-0.15, -0.1) is 0 Å². The normalized spacial score (nSPS) is 29.4. The third-order valence-corrected chi connectivity index (χ3v) is 5.84. The fourth-order valence-corrected chi connectivity index (χ4v) is 4.55. The number of hydrogen-bond donors (Lipinski definition) is 1. The number of rotatable bonds is 0. The predicted molar refractivity (Wildman–Crippen MR) is 88.7 cm³/mol. The summed E-state index contributed by atoms with van der Waals surface area (Å²) in [5, 5.41) is 1.27. The summed E-state index contributed by atoms with van der Waals surface area (Å²) in [7, 11) is 0. The van der Waals surface area contributed by atoms with Crippen molar-refractivity contribution in [2.45, 2.75) is 25.9 Å². The molecule has 1 aromatic carbocycles. The Hall–Kier alpha value is -2.23. The zero-order chi connectivity index (χ0) is 15.6. The topological polar surface area (TPSA) is 45.3 Å². The first-order valence-corrected chi connectivity index (χ1v) is 8.45. The van der Waals surface area contributed by atoms with Crippen molar-refractivity contribution in [1.82, 2.24) is 9.88 Å². The number of H-pyrrole nitrogens is 1. The van der Waals surface area contributed by atoms with E-state index in [0.717, 1.165) is 19.5 Å². The fourth-order valence-electron chi connectivity index (χ4n) is 4.55. The standard InChI is InChI=1S/C19H20N2O2/c1-11-15-9-21-7-6-13-12-4-2-3-5-17(12)20-19(13)16(10-23-11)14(15)8-18(21)22/h2-5,10-11,14-15,20H,6-9H2,1H3/t11-,14-,15+/m1/s1. The van der Waals surface area contributed by atoms with Crippen LogP contribution in [-0.4, -0.2) is 35.0 Å². The highest BCUT2D eigenvalue weighted by molar-refractivity contribution is 5.91. The van der Waals surface area contributed by atoms with Gasteiger partial charge in [-0.25, -0.2) is 0 Å². The molecule has 1 amide bonds. The first-order valence-electron chi connectivity index (χ1n) is 8.45. The van der Waals surface area contributed by atoms with E-state index < -0.39 is 0 Å². The summed E-state index contributed by atoms with van der Waals surface area (Å²) in [6.07, 6.45) is 3.59. The number of benzene rings is 1. The van der Waals surface area contributed by atoms with Crippen LogP contribution in [0.1, 0.15) is 24.6 Å². The number of allylic oxidation sites excluding steroid dienone is 1. The first-order chi connectivity index (χ1) is 11.2. The van der Waals surface area contributed by atoms with Crippen LogP contribution in [0, 0.1) is 11.8 Å². The first kappa shape index (κ1) is 13.2. The summed E-state index contributed by atoms with van der Waals surface area (Å²) in [5.74, 6) is 0.957. The van der Waals surface area contributed by atoms with Gasteiger partial charge in [-0.05, 0) is 25.0 Å². The summed E-state index contributed by atoms with van der Waals surface area (Å²) in [5.41, 5.74) is 4.88. The van der Waals surface area contributed by atoms with Crippen LogP contribution in [0.4, 0.5) is 0 Å². The van der Waals surface area contributed by atoms with Gasteiger partial charge in [0.2, 0.25) is 5.91 Å². The Morgan fingerprint density at radius 1 is 1.30 bits per heavy atom. The zero-order valence-electron chi connectivity index (χ0n) is 13.2. The van der Waals surface area contributed by atoms with Gasteiger partial charge in [-0.3, -0.25) is 4.79 Å². The van der Waals surface area contributed by atoms with Crippen LogP contribution >= 0.6 is 0 Å². The zero-order valence-corrected chi connectivity index (χ0v) is 13.2. The number of carbonyl (C=O) groups is 1. The van der Waals surface area contributed by atoms with E-state index in [1.807, 2.05) is 11.2 Å². The van der Waals surface area contributed by atoms with E-state index in [-0.39, 0.29) is 12.0 Å². The average Bonchev–Trinajstić information content (AvgIpc) is 2.94. The highest BCUT2D eigenvalue weighted by Crippen LogP contribution is 2.44. The van der Waals surface area contributed by atoms with Crippen LogP contribution in [0.3, 0.4) is 0 Å². The van der Waals surface area contributed by atoms with Crippen LogP contribution in [0.15, 0.2) is 30.5 Å². The van der Waals surface area contributed by atoms with Crippen molar-refractivity contribution in [1.29, 1.82) is 0 Å². The van der Waals surface area contributed by atoms with Gasteiger partial charge in [0.1, 0.15) is 6.10 Å². The van der Waals surface area contributed by atoms with E-state index in [0.29, 0.717) is 18.2 Å². The molecule has 0 radical (unpaired) electrons. The summed E-state index contributed by atoms with van der Waals surface area (Å²) in [4.78, 5) is 18.1. The van der Waals surface area contributed by atoms with Crippen LogP contribution < -0.4 is 0 Å². The largest absolute Gasteiger partial charge is 0.498 e.